The number of nitrogens with zero attached hydrogens (tertiary/aromatic N) is 2. The monoisotopic (exact) mass is 210 g/mol. The third-order valence-electron chi connectivity index (χ3n) is 2.62. The van der Waals surface area contributed by atoms with Crippen LogP contribution >= 0.6 is 0 Å². The van der Waals surface area contributed by atoms with Crippen molar-refractivity contribution in [2.24, 2.45) is 0 Å². The van der Waals surface area contributed by atoms with Crippen LogP contribution in [-0.2, 0) is 6.61 Å². The quantitative estimate of drug-likeness (QED) is 0.627. The molecule has 0 radical (unpaired) electrons. The maximum absolute atomic E-state index is 9.24. The number of hydrogen-bond acceptors (Lipinski definition) is 3. The van der Waals surface area contributed by atoms with E-state index >= 15 is 0 Å². The van der Waals surface area contributed by atoms with Crippen LogP contribution in [0.5, 0.6) is 0 Å². The van der Waals surface area contributed by atoms with Crippen molar-refractivity contribution < 1.29 is 5.11 Å². The van der Waals surface area contributed by atoms with E-state index in [9.17, 15) is 5.11 Å². The molecule has 1 aromatic heterocycles. The van der Waals surface area contributed by atoms with Crippen LogP contribution in [0.25, 0.3) is 22.1 Å². The van der Waals surface area contributed by atoms with E-state index in [1.807, 2.05) is 42.5 Å². The molecule has 1 N–H and O–H groups in total. The van der Waals surface area contributed by atoms with Crippen molar-refractivity contribution in [3.63, 3.8) is 0 Å². The molecule has 0 spiro atoms. The highest BCUT2D eigenvalue weighted by Crippen LogP contribution is 2.18. The summed E-state index contributed by atoms with van der Waals surface area (Å²) in [6.07, 6.45) is 0. The van der Waals surface area contributed by atoms with Crippen molar-refractivity contribution in [2.45, 2.75) is 6.61 Å². The largest absolute Gasteiger partial charge is 0.392 e. The summed E-state index contributed by atoms with van der Waals surface area (Å²) in [5.74, 6) is 0. The first-order valence-corrected chi connectivity index (χ1v) is 5.14. The predicted molar refractivity (Wildman–Crippen MR) is 63.0 cm³/mol. The summed E-state index contributed by atoms with van der Waals surface area (Å²) in [7, 11) is 0. The molecular weight excluding hydrogens is 200 g/mol. The van der Waals surface area contributed by atoms with Gasteiger partial charge in [0.05, 0.1) is 28.7 Å². The Morgan fingerprint density at radius 3 is 2.25 bits per heavy atom. The lowest BCUT2D eigenvalue weighted by Gasteiger charge is -2.03. The van der Waals surface area contributed by atoms with Crippen molar-refractivity contribution in [2.75, 3.05) is 0 Å². The SMILES string of the molecule is OCc1cccc2nc3ccccc3nc12. The Morgan fingerprint density at radius 1 is 0.812 bits per heavy atom. The maximum atomic E-state index is 9.24. The van der Waals surface area contributed by atoms with Crippen molar-refractivity contribution in [1.82, 2.24) is 9.97 Å². The fourth-order valence-electron chi connectivity index (χ4n) is 1.83. The van der Waals surface area contributed by atoms with Gasteiger partial charge in [-0.1, -0.05) is 24.3 Å². The zero-order chi connectivity index (χ0) is 11.0. The molecule has 0 bridgehead atoms. The van der Waals surface area contributed by atoms with E-state index in [0.29, 0.717) is 0 Å². The zero-order valence-electron chi connectivity index (χ0n) is 8.59. The first kappa shape index (κ1) is 9.24. The molecule has 1 heterocycles. The lowest BCUT2D eigenvalue weighted by atomic mass is 10.1. The maximum Gasteiger partial charge on any atom is 0.0949 e. The first-order chi connectivity index (χ1) is 7.88. The molecule has 0 amide bonds. The van der Waals surface area contributed by atoms with Gasteiger partial charge in [0.25, 0.3) is 0 Å². The van der Waals surface area contributed by atoms with Gasteiger partial charge in [-0.15, -0.1) is 0 Å². The molecule has 0 atom stereocenters. The van der Waals surface area contributed by atoms with Gasteiger partial charge in [-0.2, -0.15) is 0 Å². The van der Waals surface area contributed by atoms with Crippen LogP contribution in [0.2, 0.25) is 0 Å². The van der Waals surface area contributed by atoms with Gasteiger partial charge in [0, 0.05) is 5.56 Å². The number of benzene rings is 2. The number of aliphatic hydroxyl groups excluding tert-OH is 1. The highest BCUT2D eigenvalue weighted by Gasteiger charge is 2.04. The smallest absolute Gasteiger partial charge is 0.0949 e. The van der Waals surface area contributed by atoms with Crippen LogP contribution in [0.15, 0.2) is 42.5 Å². The van der Waals surface area contributed by atoms with Crippen molar-refractivity contribution >= 4 is 22.1 Å². The third kappa shape index (κ3) is 1.33. The first-order valence-electron chi connectivity index (χ1n) is 5.14. The zero-order valence-corrected chi connectivity index (χ0v) is 8.59. The van der Waals surface area contributed by atoms with Gasteiger partial charge in [-0.3, -0.25) is 0 Å². The van der Waals surface area contributed by atoms with E-state index in [1.165, 1.54) is 0 Å². The second kappa shape index (κ2) is 3.54. The molecule has 0 fully saturated rings. The molecule has 0 saturated heterocycles. The Kier molecular flexibility index (Phi) is 2.04. The van der Waals surface area contributed by atoms with Crippen LogP contribution in [-0.4, -0.2) is 15.1 Å². The summed E-state index contributed by atoms with van der Waals surface area (Å²) in [5, 5.41) is 9.24. The Hall–Kier alpha value is -2.00. The number of para-hydroxylation sites is 3. The lowest BCUT2D eigenvalue weighted by molar-refractivity contribution is 0.283. The van der Waals surface area contributed by atoms with Gasteiger partial charge in [0.15, 0.2) is 0 Å². The van der Waals surface area contributed by atoms with Crippen LogP contribution in [0.4, 0.5) is 0 Å². The summed E-state index contributed by atoms with van der Waals surface area (Å²) in [6, 6.07) is 13.4. The number of aliphatic hydroxyl groups is 1. The van der Waals surface area contributed by atoms with E-state index in [4.69, 9.17) is 0 Å². The molecule has 0 aliphatic heterocycles. The minimum atomic E-state index is -0.00956. The molecule has 0 aliphatic rings. The van der Waals surface area contributed by atoms with Crippen molar-refractivity contribution in [3.05, 3.63) is 48.0 Å². The number of hydrogen-bond donors (Lipinski definition) is 1. The third-order valence-corrected chi connectivity index (χ3v) is 2.62. The van der Waals surface area contributed by atoms with Gasteiger partial charge in [-0.25, -0.2) is 9.97 Å². The summed E-state index contributed by atoms with van der Waals surface area (Å²) < 4.78 is 0. The van der Waals surface area contributed by atoms with Crippen LogP contribution in [0.1, 0.15) is 5.56 Å². The Bertz CT molecular complexity index is 664. The topological polar surface area (TPSA) is 46.0 Å². The average Bonchev–Trinajstić information content (AvgIpc) is 2.35. The molecular formula is C13H10N2O. The Labute approximate surface area is 92.4 Å². The molecule has 78 valence electrons. The number of fused-ring (bicyclic) bond motifs is 2. The minimum Gasteiger partial charge on any atom is -0.392 e. The molecule has 3 aromatic rings. The van der Waals surface area contributed by atoms with Crippen molar-refractivity contribution in [1.29, 1.82) is 0 Å². The highest BCUT2D eigenvalue weighted by atomic mass is 16.3. The average molecular weight is 210 g/mol. The molecule has 0 aliphatic carbocycles. The van der Waals surface area contributed by atoms with Crippen LogP contribution in [0.3, 0.4) is 0 Å². The summed E-state index contributed by atoms with van der Waals surface area (Å²) in [4.78, 5) is 9.04. The molecule has 2 aromatic carbocycles. The molecule has 3 heteroatoms. The van der Waals surface area contributed by atoms with E-state index in [-0.39, 0.29) is 6.61 Å². The second-order valence-electron chi connectivity index (χ2n) is 3.66. The van der Waals surface area contributed by atoms with Gasteiger partial charge < -0.3 is 5.11 Å². The van der Waals surface area contributed by atoms with Crippen LogP contribution in [0, 0.1) is 0 Å². The standard InChI is InChI=1S/C13H10N2O/c16-8-9-4-3-7-12-13(9)15-11-6-2-1-5-10(11)14-12/h1-7,16H,8H2. The fraction of sp³-hybridized carbons (Fsp3) is 0.0769. The summed E-state index contributed by atoms with van der Waals surface area (Å²) in [5.41, 5.74) is 4.16. The van der Waals surface area contributed by atoms with Crippen molar-refractivity contribution in [3.8, 4) is 0 Å². The minimum absolute atomic E-state index is 0.00956. The molecule has 0 saturated carbocycles. The fourth-order valence-corrected chi connectivity index (χ4v) is 1.83. The molecule has 0 unspecified atom stereocenters. The Morgan fingerprint density at radius 2 is 1.50 bits per heavy atom. The second-order valence-corrected chi connectivity index (χ2v) is 3.66. The van der Waals surface area contributed by atoms with Gasteiger partial charge in [-0.05, 0) is 18.2 Å². The summed E-state index contributed by atoms with van der Waals surface area (Å²) >= 11 is 0. The number of rotatable bonds is 1. The van der Waals surface area contributed by atoms with Gasteiger partial charge >= 0.3 is 0 Å². The van der Waals surface area contributed by atoms with E-state index in [0.717, 1.165) is 27.6 Å². The Balaban J connectivity index is 2.46. The number of aromatic nitrogens is 2. The lowest BCUT2D eigenvalue weighted by Crippen LogP contribution is -1.92. The van der Waals surface area contributed by atoms with E-state index < -0.39 is 0 Å². The molecule has 3 nitrogen and oxygen atoms in total. The molecule has 16 heavy (non-hydrogen) atoms. The highest BCUT2D eigenvalue weighted by molar-refractivity contribution is 5.87. The normalized spacial score (nSPS) is 11.1. The summed E-state index contributed by atoms with van der Waals surface area (Å²) in [6.45, 7) is -0.00956. The predicted octanol–water partition coefficient (Wildman–Crippen LogP) is 2.28. The molecule has 3 rings (SSSR count). The van der Waals surface area contributed by atoms with E-state index in [1.54, 1.807) is 0 Å². The van der Waals surface area contributed by atoms with E-state index in [2.05, 4.69) is 9.97 Å². The van der Waals surface area contributed by atoms with Gasteiger partial charge in [0.1, 0.15) is 0 Å². The van der Waals surface area contributed by atoms with Crippen LogP contribution < -0.4 is 0 Å². The van der Waals surface area contributed by atoms with Gasteiger partial charge in [0.2, 0.25) is 0 Å².